The molecule has 2 aromatic rings. The second kappa shape index (κ2) is 5.92. The summed E-state index contributed by atoms with van der Waals surface area (Å²) >= 11 is 0. The summed E-state index contributed by atoms with van der Waals surface area (Å²) in [6, 6.07) is 1.92. The van der Waals surface area contributed by atoms with Gasteiger partial charge in [-0.1, -0.05) is 0 Å². The first-order valence-corrected chi connectivity index (χ1v) is 5.96. The topological polar surface area (TPSA) is 85.8 Å². The van der Waals surface area contributed by atoms with E-state index in [2.05, 4.69) is 15.3 Å². The molecule has 0 radical (unpaired) electrons. The van der Waals surface area contributed by atoms with Crippen molar-refractivity contribution in [3.8, 4) is 0 Å². The molecule has 2 heterocycles. The van der Waals surface area contributed by atoms with Crippen molar-refractivity contribution in [1.29, 1.82) is 0 Å². The largest absolute Gasteiger partial charge is 0.433 e. The highest BCUT2D eigenvalue weighted by atomic mass is 19.4. The highest BCUT2D eigenvalue weighted by Crippen LogP contribution is 2.27. The lowest BCUT2D eigenvalue weighted by molar-refractivity contribution is -0.141. The average Bonchev–Trinajstić information content (AvgIpc) is 2.87. The Kier molecular flexibility index (Phi) is 4.22. The molecule has 0 bridgehead atoms. The van der Waals surface area contributed by atoms with Crippen LogP contribution in [0, 0.1) is 0 Å². The second-order valence-corrected chi connectivity index (χ2v) is 4.17. The van der Waals surface area contributed by atoms with Crippen molar-refractivity contribution in [3.63, 3.8) is 0 Å². The minimum atomic E-state index is -4.51. The molecule has 0 saturated heterocycles. The molecule has 0 saturated carbocycles. The molecule has 6 nitrogen and oxygen atoms in total. The molecular formula is C12H12F3N5O. The van der Waals surface area contributed by atoms with Gasteiger partial charge in [0.05, 0.1) is 18.2 Å². The number of carbonyl (C=O) groups is 1. The molecule has 0 atom stereocenters. The summed E-state index contributed by atoms with van der Waals surface area (Å²) in [5.74, 6) is -0.535. The molecule has 0 spiro atoms. The number of hydrogen-bond donors (Lipinski definition) is 2. The fourth-order valence-corrected chi connectivity index (χ4v) is 1.58. The normalized spacial score (nSPS) is 11.4. The van der Waals surface area contributed by atoms with Gasteiger partial charge in [-0.05, 0) is 12.1 Å². The van der Waals surface area contributed by atoms with Gasteiger partial charge in [-0.2, -0.15) is 13.2 Å². The van der Waals surface area contributed by atoms with Crippen LogP contribution in [0.3, 0.4) is 0 Å². The monoisotopic (exact) mass is 299 g/mol. The molecule has 0 aliphatic rings. The van der Waals surface area contributed by atoms with E-state index in [1.165, 1.54) is 12.5 Å². The zero-order chi connectivity index (χ0) is 15.5. The Morgan fingerprint density at radius 2 is 2.10 bits per heavy atom. The second-order valence-electron chi connectivity index (χ2n) is 4.17. The van der Waals surface area contributed by atoms with E-state index in [4.69, 9.17) is 5.73 Å². The maximum Gasteiger partial charge on any atom is 0.433 e. The molecule has 0 fully saturated rings. The molecule has 21 heavy (non-hydrogen) atoms. The first-order chi connectivity index (χ1) is 9.90. The Morgan fingerprint density at radius 3 is 2.67 bits per heavy atom. The molecule has 0 aliphatic heterocycles. The Labute approximate surface area is 117 Å². The molecule has 2 aromatic heterocycles. The summed E-state index contributed by atoms with van der Waals surface area (Å²) in [5.41, 5.74) is 4.64. The Morgan fingerprint density at radius 1 is 1.33 bits per heavy atom. The van der Waals surface area contributed by atoms with E-state index in [-0.39, 0.29) is 11.4 Å². The predicted molar refractivity (Wildman–Crippen MR) is 68.5 cm³/mol. The van der Waals surface area contributed by atoms with Crippen molar-refractivity contribution in [1.82, 2.24) is 14.5 Å². The number of pyridine rings is 1. The van der Waals surface area contributed by atoms with Crippen LogP contribution in [0.5, 0.6) is 0 Å². The zero-order valence-electron chi connectivity index (χ0n) is 10.8. The molecule has 9 heteroatoms. The predicted octanol–water partition coefficient (Wildman–Crippen LogP) is 1.51. The highest BCUT2D eigenvalue weighted by Gasteiger charge is 2.32. The van der Waals surface area contributed by atoms with Crippen molar-refractivity contribution in [3.05, 3.63) is 42.2 Å². The van der Waals surface area contributed by atoms with E-state index in [0.29, 0.717) is 13.1 Å². The van der Waals surface area contributed by atoms with E-state index >= 15 is 0 Å². The van der Waals surface area contributed by atoms with Crippen LogP contribution in [0.25, 0.3) is 0 Å². The van der Waals surface area contributed by atoms with Crippen molar-refractivity contribution in [2.45, 2.75) is 12.7 Å². The number of aromatic nitrogens is 3. The van der Waals surface area contributed by atoms with Crippen molar-refractivity contribution in [2.75, 3.05) is 11.9 Å². The lowest BCUT2D eigenvalue weighted by Gasteiger charge is -2.07. The average molecular weight is 299 g/mol. The third kappa shape index (κ3) is 3.78. The van der Waals surface area contributed by atoms with Crippen molar-refractivity contribution in [2.24, 2.45) is 5.73 Å². The number of rotatable bonds is 4. The fourth-order valence-electron chi connectivity index (χ4n) is 1.58. The maximum absolute atomic E-state index is 12.3. The van der Waals surface area contributed by atoms with Gasteiger partial charge in [0, 0.05) is 19.3 Å². The van der Waals surface area contributed by atoms with Gasteiger partial charge in [-0.3, -0.25) is 4.79 Å². The van der Waals surface area contributed by atoms with Gasteiger partial charge < -0.3 is 15.6 Å². The summed E-state index contributed by atoms with van der Waals surface area (Å²) in [7, 11) is 0. The third-order valence-electron chi connectivity index (χ3n) is 2.56. The number of halogens is 3. The molecule has 0 aromatic carbocycles. The first kappa shape index (κ1) is 15.0. The van der Waals surface area contributed by atoms with Crippen LogP contribution in [-0.2, 0) is 12.7 Å². The number of imidazole rings is 1. The van der Waals surface area contributed by atoms with Crippen LogP contribution in [0.15, 0.2) is 30.9 Å². The van der Waals surface area contributed by atoms with E-state index in [1.54, 1.807) is 4.57 Å². The smallest absolute Gasteiger partial charge is 0.335 e. The van der Waals surface area contributed by atoms with Gasteiger partial charge >= 0.3 is 6.18 Å². The Hall–Kier alpha value is -2.42. The lowest BCUT2D eigenvalue weighted by Crippen LogP contribution is -2.14. The molecule has 0 unspecified atom stereocenters. The molecule has 112 valence electrons. The van der Waals surface area contributed by atoms with E-state index in [9.17, 15) is 18.0 Å². The van der Waals surface area contributed by atoms with E-state index in [0.717, 1.165) is 18.3 Å². The third-order valence-corrected chi connectivity index (χ3v) is 2.56. The summed E-state index contributed by atoms with van der Waals surface area (Å²) < 4.78 is 38.7. The molecular weight excluding hydrogens is 287 g/mol. The maximum atomic E-state index is 12.3. The standard InChI is InChI=1S/C12H12F3N5O/c13-12(14,15)10-2-1-8(5-17-10)19-11(21)9-6-20(4-3-16)7-18-9/h1-2,5-7H,3-4,16H2,(H,19,21). The highest BCUT2D eigenvalue weighted by molar-refractivity contribution is 6.02. The van der Waals surface area contributed by atoms with Crippen LogP contribution in [0.4, 0.5) is 18.9 Å². The first-order valence-electron chi connectivity index (χ1n) is 5.96. The minimum Gasteiger partial charge on any atom is -0.335 e. The van der Waals surface area contributed by atoms with Crippen LogP contribution in [-0.4, -0.2) is 27.0 Å². The number of anilines is 1. The quantitative estimate of drug-likeness (QED) is 0.896. The number of amides is 1. The van der Waals surface area contributed by atoms with E-state index < -0.39 is 17.8 Å². The van der Waals surface area contributed by atoms with Gasteiger partial charge in [-0.25, -0.2) is 9.97 Å². The Bertz CT molecular complexity index is 621. The Balaban J connectivity index is 2.05. The van der Waals surface area contributed by atoms with Gasteiger partial charge in [0.25, 0.3) is 5.91 Å². The van der Waals surface area contributed by atoms with Crippen LogP contribution in [0.1, 0.15) is 16.2 Å². The zero-order valence-corrected chi connectivity index (χ0v) is 10.8. The van der Waals surface area contributed by atoms with Crippen LogP contribution >= 0.6 is 0 Å². The van der Waals surface area contributed by atoms with E-state index in [1.807, 2.05) is 0 Å². The number of nitrogens with two attached hydrogens (primary N) is 1. The molecule has 3 N–H and O–H groups in total. The number of carbonyl (C=O) groups excluding carboxylic acids is 1. The molecule has 0 aliphatic carbocycles. The number of nitrogens with zero attached hydrogens (tertiary/aromatic N) is 3. The number of hydrogen-bond acceptors (Lipinski definition) is 4. The summed E-state index contributed by atoms with van der Waals surface area (Å²) in [6.45, 7) is 0.919. The summed E-state index contributed by atoms with van der Waals surface area (Å²) in [4.78, 5) is 19.0. The van der Waals surface area contributed by atoms with Crippen LogP contribution < -0.4 is 11.1 Å². The number of nitrogens with one attached hydrogen (secondary N) is 1. The van der Waals surface area contributed by atoms with Crippen molar-refractivity contribution < 1.29 is 18.0 Å². The lowest BCUT2D eigenvalue weighted by atomic mass is 10.3. The van der Waals surface area contributed by atoms with Crippen molar-refractivity contribution >= 4 is 11.6 Å². The summed E-state index contributed by atoms with van der Waals surface area (Å²) in [5, 5.41) is 2.42. The summed E-state index contributed by atoms with van der Waals surface area (Å²) in [6.07, 6.45) is -0.617. The van der Waals surface area contributed by atoms with Gasteiger partial charge in [-0.15, -0.1) is 0 Å². The molecule has 2 rings (SSSR count). The number of alkyl halides is 3. The van der Waals surface area contributed by atoms with Crippen LogP contribution in [0.2, 0.25) is 0 Å². The van der Waals surface area contributed by atoms with Gasteiger partial charge in [0.1, 0.15) is 11.4 Å². The minimum absolute atomic E-state index is 0.142. The molecule has 1 amide bonds. The fraction of sp³-hybridized carbons (Fsp3) is 0.250. The SMILES string of the molecule is NCCn1cnc(C(=O)Nc2ccc(C(F)(F)F)nc2)c1. The van der Waals surface area contributed by atoms with Gasteiger partial charge in [0.2, 0.25) is 0 Å². The van der Waals surface area contributed by atoms with Gasteiger partial charge in [0.15, 0.2) is 0 Å².